The Kier molecular flexibility index (Phi) is 5.12. The zero-order valence-corrected chi connectivity index (χ0v) is 11.9. The molecule has 20 heavy (non-hydrogen) atoms. The topological polar surface area (TPSA) is 40.5 Å². The van der Waals surface area contributed by atoms with Crippen molar-refractivity contribution in [2.75, 3.05) is 13.1 Å². The zero-order chi connectivity index (χ0) is 14.5. The summed E-state index contributed by atoms with van der Waals surface area (Å²) >= 11 is 0. The molecule has 1 aromatic carbocycles. The summed E-state index contributed by atoms with van der Waals surface area (Å²) in [6.07, 6.45) is 3.19. The Balaban J connectivity index is 1.88. The minimum atomic E-state index is -0.720. The predicted octanol–water partition coefficient (Wildman–Crippen LogP) is 3.21. The number of carbonyl (C=O) groups is 1. The third kappa shape index (κ3) is 4.30. The zero-order valence-electron chi connectivity index (χ0n) is 11.9. The molecule has 1 atom stereocenters. The van der Waals surface area contributed by atoms with Crippen molar-refractivity contribution < 1.29 is 14.3 Å². The van der Waals surface area contributed by atoms with Gasteiger partial charge in [-0.2, -0.15) is 0 Å². The molecule has 1 aliphatic heterocycles. The van der Waals surface area contributed by atoms with Gasteiger partial charge in [0.2, 0.25) is 0 Å². The lowest BCUT2D eigenvalue weighted by Crippen LogP contribution is -2.35. The van der Waals surface area contributed by atoms with Crippen molar-refractivity contribution in [3.63, 3.8) is 0 Å². The molecule has 1 fully saturated rings. The van der Waals surface area contributed by atoms with Gasteiger partial charge in [0.15, 0.2) is 0 Å². The molecular weight excluding hydrogens is 257 g/mol. The van der Waals surface area contributed by atoms with Crippen molar-refractivity contribution >= 4 is 5.97 Å². The van der Waals surface area contributed by atoms with E-state index in [0.717, 1.165) is 44.5 Å². The van der Waals surface area contributed by atoms with Gasteiger partial charge in [-0.1, -0.05) is 12.1 Å². The highest BCUT2D eigenvalue weighted by molar-refractivity contribution is 5.66. The maximum absolute atomic E-state index is 13.5. The molecule has 1 unspecified atom stereocenters. The molecule has 0 aliphatic carbocycles. The largest absolute Gasteiger partial charge is 0.481 e. The quantitative estimate of drug-likeness (QED) is 0.899. The number of hydrogen-bond donors (Lipinski definition) is 1. The number of aryl methyl sites for hydroxylation is 1. The number of benzene rings is 1. The molecule has 2 rings (SSSR count). The van der Waals surface area contributed by atoms with Crippen molar-refractivity contribution in [1.29, 1.82) is 0 Å². The van der Waals surface area contributed by atoms with Crippen molar-refractivity contribution in [3.05, 3.63) is 35.1 Å². The van der Waals surface area contributed by atoms with Crippen molar-refractivity contribution in [1.82, 2.24) is 4.90 Å². The normalized spacial score (nSPS) is 20.0. The van der Waals surface area contributed by atoms with Crippen molar-refractivity contribution in [2.45, 2.75) is 39.2 Å². The molecule has 0 amide bonds. The summed E-state index contributed by atoms with van der Waals surface area (Å²) in [6, 6.07) is 5.39. The molecule has 3 nitrogen and oxygen atoms in total. The van der Waals surface area contributed by atoms with Crippen LogP contribution >= 0.6 is 0 Å². The van der Waals surface area contributed by atoms with E-state index in [1.165, 1.54) is 0 Å². The van der Waals surface area contributed by atoms with E-state index in [1.807, 2.05) is 12.1 Å². The summed E-state index contributed by atoms with van der Waals surface area (Å²) in [5.74, 6) is -0.417. The van der Waals surface area contributed by atoms with Crippen LogP contribution in [0.1, 0.15) is 36.8 Å². The van der Waals surface area contributed by atoms with Gasteiger partial charge < -0.3 is 5.11 Å². The van der Waals surface area contributed by atoms with Crippen molar-refractivity contribution in [2.24, 2.45) is 5.92 Å². The smallest absolute Gasteiger partial charge is 0.303 e. The summed E-state index contributed by atoms with van der Waals surface area (Å²) in [6.45, 7) is 4.45. The maximum atomic E-state index is 13.5. The van der Waals surface area contributed by atoms with Gasteiger partial charge in [0, 0.05) is 19.5 Å². The van der Waals surface area contributed by atoms with Crippen LogP contribution in [0.25, 0.3) is 0 Å². The van der Waals surface area contributed by atoms with Crippen LogP contribution in [0.3, 0.4) is 0 Å². The number of aliphatic carboxylic acids is 1. The van der Waals surface area contributed by atoms with Gasteiger partial charge in [-0.25, -0.2) is 4.39 Å². The fourth-order valence-corrected chi connectivity index (χ4v) is 2.85. The Morgan fingerprint density at radius 2 is 2.30 bits per heavy atom. The third-order valence-corrected chi connectivity index (χ3v) is 4.01. The lowest BCUT2D eigenvalue weighted by atomic mass is 9.93. The number of rotatable bonds is 5. The second kappa shape index (κ2) is 6.84. The van der Waals surface area contributed by atoms with E-state index in [4.69, 9.17) is 5.11 Å². The second-order valence-corrected chi connectivity index (χ2v) is 5.76. The molecule has 1 aliphatic rings. The number of carboxylic acid groups (broad SMARTS) is 1. The van der Waals surface area contributed by atoms with Gasteiger partial charge in [-0.05, 0) is 55.8 Å². The van der Waals surface area contributed by atoms with E-state index >= 15 is 0 Å². The molecule has 1 N–H and O–H groups in total. The minimum Gasteiger partial charge on any atom is -0.481 e. The van der Waals surface area contributed by atoms with Crippen LogP contribution in [0.5, 0.6) is 0 Å². The number of halogens is 1. The van der Waals surface area contributed by atoms with Crippen LogP contribution in [-0.4, -0.2) is 29.1 Å². The minimum absolute atomic E-state index is 0.151. The van der Waals surface area contributed by atoms with E-state index in [-0.39, 0.29) is 12.2 Å². The molecule has 0 saturated carbocycles. The standard InChI is InChI=1S/C16H22FNO2/c1-12-4-5-14(9-15(12)17)11-18-8-2-3-13(10-18)6-7-16(19)20/h4-5,9,13H,2-3,6-8,10-11H2,1H3,(H,19,20). The summed E-state index contributed by atoms with van der Waals surface area (Å²) in [5, 5.41) is 8.75. The SMILES string of the molecule is Cc1ccc(CN2CCCC(CCC(=O)O)C2)cc1F. The number of nitrogens with zero attached hydrogens (tertiary/aromatic N) is 1. The van der Waals surface area contributed by atoms with Gasteiger partial charge in [0.25, 0.3) is 0 Å². The fourth-order valence-electron chi connectivity index (χ4n) is 2.85. The first kappa shape index (κ1) is 15.0. The molecule has 0 aromatic heterocycles. The average Bonchev–Trinajstić information content (AvgIpc) is 2.41. The first-order valence-corrected chi connectivity index (χ1v) is 7.24. The van der Waals surface area contributed by atoms with Crippen LogP contribution in [0.4, 0.5) is 4.39 Å². The summed E-state index contributed by atoms with van der Waals surface area (Å²) < 4.78 is 13.5. The number of carboxylic acids is 1. The van der Waals surface area contributed by atoms with Gasteiger partial charge in [-0.3, -0.25) is 9.69 Å². The molecule has 4 heteroatoms. The van der Waals surface area contributed by atoms with E-state index < -0.39 is 5.97 Å². The summed E-state index contributed by atoms with van der Waals surface area (Å²) in [5.41, 5.74) is 1.67. The molecule has 1 heterocycles. The molecular formula is C16H22FNO2. The Labute approximate surface area is 119 Å². The van der Waals surface area contributed by atoms with Crippen LogP contribution in [-0.2, 0) is 11.3 Å². The lowest BCUT2D eigenvalue weighted by molar-refractivity contribution is -0.137. The van der Waals surface area contributed by atoms with Crippen LogP contribution in [0, 0.1) is 18.7 Å². The summed E-state index contributed by atoms with van der Waals surface area (Å²) in [7, 11) is 0. The second-order valence-electron chi connectivity index (χ2n) is 5.76. The fraction of sp³-hybridized carbons (Fsp3) is 0.562. The highest BCUT2D eigenvalue weighted by Gasteiger charge is 2.20. The highest BCUT2D eigenvalue weighted by atomic mass is 19.1. The number of likely N-dealkylation sites (tertiary alicyclic amines) is 1. The van der Waals surface area contributed by atoms with Crippen molar-refractivity contribution in [3.8, 4) is 0 Å². The van der Waals surface area contributed by atoms with Crippen LogP contribution in [0.2, 0.25) is 0 Å². The molecule has 0 radical (unpaired) electrons. The van der Waals surface area contributed by atoms with Crippen LogP contribution in [0.15, 0.2) is 18.2 Å². The maximum Gasteiger partial charge on any atom is 0.303 e. The van der Waals surface area contributed by atoms with E-state index in [1.54, 1.807) is 13.0 Å². The number of hydrogen-bond acceptors (Lipinski definition) is 2. The van der Waals surface area contributed by atoms with Gasteiger partial charge >= 0.3 is 5.97 Å². The monoisotopic (exact) mass is 279 g/mol. The van der Waals surface area contributed by atoms with E-state index in [0.29, 0.717) is 11.5 Å². The number of piperidine rings is 1. The van der Waals surface area contributed by atoms with Crippen LogP contribution < -0.4 is 0 Å². The Hall–Kier alpha value is -1.42. The van der Waals surface area contributed by atoms with Gasteiger partial charge in [0.1, 0.15) is 5.82 Å². The lowest BCUT2D eigenvalue weighted by Gasteiger charge is -2.32. The Morgan fingerprint density at radius 3 is 3.00 bits per heavy atom. The first-order valence-electron chi connectivity index (χ1n) is 7.24. The summed E-state index contributed by atoms with van der Waals surface area (Å²) in [4.78, 5) is 12.9. The molecule has 1 aromatic rings. The predicted molar refractivity (Wildman–Crippen MR) is 76.0 cm³/mol. The highest BCUT2D eigenvalue weighted by Crippen LogP contribution is 2.22. The Bertz CT molecular complexity index is 476. The average molecular weight is 279 g/mol. The van der Waals surface area contributed by atoms with Gasteiger partial charge in [-0.15, -0.1) is 0 Å². The molecule has 110 valence electrons. The van der Waals surface area contributed by atoms with Gasteiger partial charge in [0.05, 0.1) is 0 Å². The van der Waals surface area contributed by atoms with E-state index in [2.05, 4.69) is 4.90 Å². The third-order valence-electron chi connectivity index (χ3n) is 4.01. The van der Waals surface area contributed by atoms with E-state index in [9.17, 15) is 9.18 Å². The Morgan fingerprint density at radius 1 is 1.50 bits per heavy atom. The molecule has 0 bridgehead atoms. The first-order chi connectivity index (χ1) is 9.54. The molecule has 1 saturated heterocycles. The molecule has 0 spiro atoms.